The van der Waals surface area contributed by atoms with Crippen molar-refractivity contribution >= 4 is 35.0 Å². The number of amides is 2. The van der Waals surface area contributed by atoms with Gasteiger partial charge < -0.3 is 20.0 Å². The Morgan fingerprint density at radius 1 is 1.00 bits per heavy atom. The van der Waals surface area contributed by atoms with Crippen molar-refractivity contribution in [3.8, 4) is 0 Å². The Morgan fingerprint density at radius 2 is 1.78 bits per heavy atom. The Labute approximate surface area is 192 Å². The summed E-state index contributed by atoms with van der Waals surface area (Å²) in [4.78, 5) is 27.5. The number of aryl methyl sites for hydroxylation is 1. The van der Waals surface area contributed by atoms with E-state index in [9.17, 15) is 9.59 Å². The molecule has 0 bridgehead atoms. The van der Waals surface area contributed by atoms with Gasteiger partial charge in [0.2, 0.25) is 0 Å². The summed E-state index contributed by atoms with van der Waals surface area (Å²) in [6.45, 7) is 5.28. The van der Waals surface area contributed by atoms with Crippen LogP contribution in [0.15, 0.2) is 65.3 Å². The van der Waals surface area contributed by atoms with E-state index < -0.39 is 0 Å². The van der Waals surface area contributed by atoms with Crippen molar-refractivity contribution in [2.45, 2.75) is 13.3 Å². The Bertz CT molecular complexity index is 1060. The summed E-state index contributed by atoms with van der Waals surface area (Å²) in [7, 11) is 0. The van der Waals surface area contributed by atoms with Crippen molar-refractivity contribution in [1.29, 1.82) is 0 Å². The lowest BCUT2D eigenvalue weighted by atomic mass is 10.1. The molecule has 166 valence electrons. The van der Waals surface area contributed by atoms with Crippen LogP contribution in [0.5, 0.6) is 0 Å². The van der Waals surface area contributed by atoms with Gasteiger partial charge in [0.05, 0.1) is 6.26 Å². The van der Waals surface area contributed by atoms with E-state index in [0.717, 1.165) is 24.2 Å². The maximum Gasteiger partial charge on any atom is 0.291 e. The van der Waals surface area contributed by atoms with E-state index in [0.29, 0.717) is 11.3 Å². The first kappa shape index (κ1) is 22.2. The molecule has 1 aliphatic rings. The maximum atomic E-state index is 12.8. The fourth-order valence-corrected chi connectivity index (χ4v) is 4.54. The molecule has 0 unspecified atom stereocenters. The summed E-state index contributed by atoms with van der Waals surface area (Å²) in [5.41, 5.74) is 3.91. The summed E-state index contributed by atoms with van der Waals surface area (Å²) in [5.74, 6) is 2.08. The molecule has 0 radical (unpaired) electrons. The van der Waals surface area contributed by atoms with Gasteiger partial charge in [-0.2, -0.15) is 11.8 Å². The van der Waals surface area contributed by atoms with E-state index in [1.165, 1.54) is 36.4 Å². The predicted octanol–water partition coefficient (Wildman–Crippen LogP) is 4.68. The summed E-state index contributed by atoms with van der Waals surface area (Å²) < 4.78 is 5.13. The van der Waals surface area contributed by atoms with Crippen LogP contribution in [0.25, 0.3) is 0 Å². The zero-order valence-corrected chi connectivity index (χ0v) is 18.9. The molecule has 0 spiro atoms. The highest BCUT2D eigenvalue weighted by Gasteiger charge is 2.14. The molecule has 7 heteroatoms. The molecular weight excluding hydrogens is 422 g/mol. The Balaban J connectivity index is 1.35. The van der Waals surface area contributed by atoms with Crippen LogP contribution in [-0.2, 0) is 6.42 Å². The molecule has 0 saturated carbocycles. The quantitative estimate of drug-likeness (QED) is 0.548. The van der Waals surface area contributed by atoms with Crippen molar-refractivity contribution in [2.24, 2.45) is 0 Å². The largest absolute Gasteiger partial charge is 0.459 e. The number of nitrogens with zero attached hydrogens (tertiary/aromatic N) is 1. The van der Waals surface area contributed by atoms with Crippen molar-refractivity contribution in [3.05, 3.63) is 83.3 Å². The van der Waals surface area contributed by atoms with Crippen LogP contribution in [0.2, 0.25) is 0 Å². The fourth-order valence-electron chi connectivity index (χ4n) is 3.56. The van der Waals surface area contributed by atoms with E-state index in [-0.39, 0.29) is 17.6 Å². The number of carbonyl (C=O) groups is 2. The topological polar surface area (TPSA) is 74.6 Å². The number of anilines is 2. The first-order valence-electron chi connectivity index (χ1n) is 10.7. The van der Waals surface area contributed by atoms with E-state index in [4.69, 9.17) is 4.42 Å². The van der Waals surface area contributed by atoms with E-state index >= 15 is 0 Å². The van der Waals surface area contributed by atoms with E-state index in [1.807, 2.05) is 36.9 Å². The molecule has 1 saturated heterocycles. The highest BCUT2D eigenvalue weighted by atomic mass is 32.2. The van der Waals surface area contributed by atoms with Crippen LogP contribution in [0, 0.1) is 6.92 Å². The summed E-state index contributed by atoms with van der Waals surface area (Å²) >= 11 is 2.02. The Kier molecular flexibility index (Phi) is 7.29. The number of hydrogen-bond donors (Lipinski definition) is 2. The van der Waals surface area contributed by atoms with Gasteiger partial charge in [-0.3, -0.25) is 9.59 Å². The van der Waals surface area contributed by atoms with Crippen LogP contribution in [-0.4, -0.2) is 47.9 Å². The van der Waals surface area contributed by atoms with Gasteiger partial charge in [0.1, 0.15) is 0 Å². The number of nitrogens with one attached hydrogen (secondary N) is 2. The molecule has 3 aromatic rings. The third kappa shape index (κ3) is 5.81. The minimum Gasteiger partial charge on any atom is -0.459 e. The second-order valence-corrected chi connectivity index (χ2v) is 9.04. The summed E-state index contributed by atoms with van der Waals surface area (Å²) in [6.07, 6.45) is 2.46. The third-order valence-electron chi connectivity index (χ3n) is 5.53. The normalized spacial score (nSPS) is 14.2. The average molecular weight is 450 g/mol. The highest BCUT2D eigenvalue weighted by molar-refractivity contribution is 7.99. The number of hydrogen-bond acceptors (Lipinski definition) is 5. The first-order valence-corrected chi connectivity index (χ1v) is 11.9. The van der Waals surface area contributed by atoms with Gasteiger partial charge in [-0.1, -0.05) is 18.2 Å². The zero-order chi connectivity index (χ0) is 22.3. The number of thioether (sulfide) groups is 1. The van der Waals surface area contributed by atoms with Gasteiger partial charge in [-0.05, 0) is 60.9 Å². The van der Waals surface area contributed by atoms with Crippen LogP contribution in [0.1, 0.15) is 32.0 Å². The maximum absolute atomic E-state index is 12.8. The first-order chi connectivity index (χ1) is 15.6. The zero-order valence-electron chi connectivity index (χ0n) is 18.1. The van der Waals surface area contributed by atoms with Gasteiger partial charge >= 0.3 is 0 Å². The minimum atomic E-state index is -0.352. The number of rotatable bonds is 7. The van der Waals surface area contributed by atoms with Crippen molar-refractivity contribution in [1.82, 2.24) is 4.90 Å². The number of carbonyl (C=O) groups excluding carboxylic acids is 2. The molecule has 1 fully saturated rings. The molecule has 1 aromatic heterocycles. The van der Waals surface area contributed by atoms with Crippen molar-refractivity contribution < 1.29 is 14.0 Å². The van der Waals surface area contributed by atoms with Gasteiger partial charge in [0.15, 0.2) is 5.76 Å². The van der Waals surface area contributed by atoms with Crippen molar-refractivity contribution in [2.75, 3.05) is 41.8 Å². The smallest absolute Gasteiger partial charge is 0.291 e. The van der Waals surface area contributed by atoms with Crippen LogP contribution in [0.3, 0.4) is 0 Å². The second-order valence-electron chi connectivity index (χ2n) is 7.82. The average Bonchev–Trinajstić information content (AvgIpc) is 3.36. The van der Waals surface area contributed by atoms with Gasteiger partial charge in [0.25, 0.3) is 11.8 Å². The second kappa shape index (κ2) is 10.5. The number of benzene rings is 2. The van der Waals surface area contributed by atoms with E-state index in [1.54, 1.807) is 24.3 Å². The molecule has 2 N–H and O–H groups in total. The molecule has 0 aliphatic carbocycles. The van der Waals surface area contributed by atoms with Gasteiger partial charge in [-0.25, -0.2) is 0 Å². The van der Waals surface area contributed by atoms with Crippen LogP contribution < -0.4 is 10.6 Å². The lowest BCUT2D eigenvalue weighted by Gasteiger charge is -2.26. The molecule has 2 heterocycles. The summed E-state index contributed by atoms with van der Waals surface area (Å²) in [5, 5.41) is 5.74. The van der Waals surface area contributed by atoms with Crippen molar-refractivity contribution in [3.63, 3.8) is 0 Å². The Hall–Kier alpha value is -3.03. The molecule has 2 amide bonds. The fraction of sp³-hybridized carbons (Fsp3) is 0.280. The molecule has 0 atom stereocenters. The molecule has 6 nitrogen and oxygen atoms in total. The lowest BCUT2D eigenvalue weighted by Crippen LogP contribution is -2.34. The molecule has 32 heavy (non-hydrogen) atoms. The molecular formula is C25H27N3O3S. The minimum absolute atomic E-state index is 0.221. The lowest BCUT2D eigenvalue weighted by molar-refractivity contribution is 0.0993. The van der Waals surface area contributed by atoms with Gasteiger partial charge in [-0.15, -0.1) is 0 Å². The molecule has 1 aliphatic heterocycles. The molecule has 2 aromatic carbocycles. The van der Waals surface area contributed by atoms with Crippen LogP contribution in [0.4, 0.5) is 11.4 Å². The van der Waals surface area contributed by atoms with E-state index in [2.05, 4.69) is 27.7 Å². The monoisotopic (exact) mass is 449 g/mol. The number of furan rings is 1. The SMILES string of the molecule is Cc1ccc(C(=O)Nc2ccc(CCN3CCSCC3)cc2)cc1NC(=O)c1ccco1. The third-order valence-corrected chi connectivity index (χ3v) is 6.47. The highest BCUT2D eigenvalue weighted by Crippen LogP contribution is 2.20. The standard InChI is InChI=1S/C25H27N3O3S/c1-18-4-7-20(17-22(18)27-25(30)23-3-2-14-31-23)24(29)26-21-8-5-19(6-9-21)10-11-28-12-15-32-16-13-28/h2-9,14,17H,10-13,15-16H2,1H3,(H,26,29)(H,27,30). The Morgan fingerprint density at radius 3 is 2.50 bits per heavy atom. The van der Waals surface area contributed by atoms with Crippen LogP contribution >= 0.6 is 11.8 Å². The van der Waals surface area contributed by atoms with Gasteiger partial charge in [0, 0.05) is 48.1 Å². The summed E-state index contributed by atoms with van der Waals surface area (Å²) in [6, 6.07) is 16.5. The predicted molar refractivity (Wildman–Crippen MR) is 130 cm³/mol. The molecule has 4 rings (SSSR count).